The van der Waals surface area contributed by atoms with Crippen molar-refractivity contribution in [3.8, 4) is 5.75 Å². The van der Waals surface area contributed by atoms with Gasteiger partial charge in [-0.2, -0.15) is 0 Å². The predicted octanol–water partition coefficient (Wildman–Crippen LogP) is 2.91. The Morgan fingerprint density at radius 1 is 1.13 bits per heavy atom. The third-order valence-electron chi connectivity index (χ3n) is 5.59. The number of carbonyl (C=O) groups is 1. The van der Waals surface area contributed by atoms with Crippen LogP contribution >= 0.6 is 0 Å². The molecule has 0 atom stereocenters. The Morgan fingerprint density at radius 3 is 2.70 bits per heavy atom. The average molecular weight is 409 g/mol. The number of aromatic nitrogens is 3. The normalized spacial score (nSPS) is 14.8. The van der Waals surface area contributed by atoms with Gasteiger partial charge in [0.1, 0.15) is 17.1 Å². The first-order valence-electron chi connectivity index (χ1n) is 10.3. The first-order chi connectivity index (χ1) is 14.5. The lowest BCUT2D eigenvalue weighted by molar-refractivity contribution is 0.144. The van der Waals surface area contributed by atoms with Gasteiger partial charge in [-0.1, -0.05) is 6.07 Å². The summed E-state index contributed by atoms with van der Waals surface area (Å²) in [6.45, 7) is 8.84. The molecular formula is C22H28N6O2. The lowest BCUT2D eigenvalue weighted by Gasteiger charge is -2.34. The van der Waals surface area contributed by atoms with Crippen LogP contribution in [-0.2, 0) is 6.54 Å². The minimum absolute atomic E-state index is 0.0841. The molecule has 1 N–H and O–H groups in total. The molecule has 0 spiro atoms. The summed E-state index contributed by atoms with van der Waals surface area (Å²) in [5.74, 6) is 1.65. The van der Waals surface area contributed by atoms with Gasteiger partial charge >= 0.3 is 6.03 Å². The molecule has 158 valence electrons. The van der Waals surface area contributed by atoms with Gasteiger partial charge in [0, 0.05) is 45.5 Å². The first kappa shape index (κ1) is 20.2. The molecule has 1 saturated heterocycles. The molecule has 4 rings (SSSR count). The van der Waals surface area contributed by atoms with Gasteiger partial charge in [0.15, 0.2) is 5.65 Å². The number of pyridine rings is 1. The standard InChI is InChI=1S/C22H28N6O2/c1-16-6-7-20(30-3)19(15-16)25-22(29)27-12-9-26(10-13-27)11-14-28-17(2)24-18-5-4-8-23-21(18)28/h4-8,15H,9-14H2,1-3H3,(H,25,29). The number of piperazine rings is 1. The Morgan fingerprint density at radius 2 is 1.93 bits per heavy atom. The van der Waals surface area contributed by atoms with Gasteiger partial charge in [0.2, 0.25) is 0 Å². The van der Waals surface area contributed by atoms with Crippen LogP contribution in [0.2, 0.25) is 0 Å². The maximum absolute atomic E-state index is 12.7. The number of carbonyl (C=O) groups excluding carboxylic acids is 1. The first-order valence-corrected chi connectivity index (χ1v) is 10.3. The highest BCUT2D eigenvalue weighted by Crippen LogP contribution is 2.25. The molecule has 3 aromatic rings. The number of imidazole rings is 1. The molecule has 30 heavy (non-hydrogen) atoms. The number of urea groups is 1. The number of hydrogen-bond acceptors (Lipinski definition) is 5. The van der Waals surface area contributed by atoms with E-state index in [-0.39, 0.29) is 6.03 Å². The number of hydrogen-bond donors (Lipinski definition) is 1. The summed E-state index contributed by atoms with van der Waals surface area (Å²) in [7, 11) is 1.61. The van der Waals surface area contributed by atoms with Crippen molar-refractivity contribution < 1.29 is 9.53 Å². The van der Waals surface area contributed by atoms with E-state index in [1.807, 2.05) is 49.1 Å². The van der Waals surface area contributed by atoms with Crippen molar-refractivity contribution in [3.05, 3.63) is 47.9 Å². The van der Waals surface area contributed by atoms with Crippen molar-refractivity contribution >= 4 is 22.9 Å². The van der Waals surface area contributed by atoms with E-state index in [0.29, 0.717) is 24.5 Å². The molecule has 1 aliphatic heterocycles. The number of methoxy groups -OCH3 is 1. The second-order valence-electron chi connectivity index (χ2n) is 7.62. The molecule has 0 bridgehead atoms. The minimum atomic E-state index is -0.0841. The van der Waals surface area contributed by atoms with Crippen LogP contribution in [0.25, 0.3) is 11.2 Å². The molecular weight excluding hydrogens is 380 g/mol. The van der Waals surface area contributed by atoms with Crippen molar-refractivity contribution in [2.45, 2.75) is 20.4 Å². The SMILES string of the molecule is COc1ccc(C)cc1NC(=O)N1CCN(CCn2c(C)nc3cccnc32)CC1. The summed E-state index contributed by atoms with van der Waals surface area (Å²) >= 11 is 0. The van der Waals surface area contributed by atoms with E-state index in [1.165, 1.54) is 0 Å². The van der Waals surface area contributed by atoms with E-state index in [4.69, 9.17) is 4.74 Å². The van der Waals surface area contributed by atoms with Gasteiger partial charge in [-0.15, -0.1) is 0 Å². The van der Waals surface area contributed by atoms with E-state index in [2.05, 4.69) is 24.8 Å². The molecule has 0 saturated carbocycles. The lowest BCUT2D eigenvalue weighted by Crippen LogP contribution is -2.50. The van der Waals surface area contributed by atoms with E-state index >= 15 is 0 Å². The number of ether oxygens (including phenoxy) is 1. The lowest BCUT2D eigenvalue weighted by atomic mass is 10.2. The molecule has 8 nitrogen and oxygen atoms in total. The molecule has 0 unspecified atom stereocenters. The monoisotopic (exact) mass is 408 g/mol. The zero-order chi connectivity index (χ0) is 21.1. The summed E-state index contributed by atoms with van der Waals surface area (Å²) in [6.07, 6.45) is 1.81. The van der Waals surface area contributed by atoms with Crippen molar-refractivity contribution in [2.24, 2.45) is 0 Å². The molecule has 1 aliphatic rings. The molecule has 2 aromatic heterocycles. The third-order valence-corrected chi connectivity index (χ3v) is 5.59. The van der Waals surface area contributed by atoms with Crippen LogP contribution in [-0.4, -0.2) is 70.2 Å². The Bertz CT molecular complexity index is 1040. The number of nitrogens with one attached hydrogen (secondary N) is 1. The summed E-state index contributed by atoms with van der Waals surface area (Å²) in [6, 6.07) is 9.59. The van der Waals surface area contributed by atoms with Crippen molar-refractivity contribution in [2.75, 3.05) is 45.2 Å². The fourth-order valence-corrected chi connectivity index (χ4v) is 3.87. The van der Waals surface area contributed by atoms with Crippen LogP contribution in [0, 0.1) is 13.8 Å². The molecule has 1 fully saturated rings. The Kier molecular flexibility index (Phi) is 5.85. The van der Waals surface area contributed by atoms with Crippen molar-refractivity contribution in [1.82, 2.24) is 24.3 Å². The van der Waals surface area contributed by atoms with Gasteiger partial charge < -0.3 is 19.5 Å². The fraction of sp³-hybridized carbons (Fsp3) is 0.409. The summed E-state index contributed by atoms with van der Waals surface area (Å²) in [5, 5.41) is 2.99. The molecule has 0 aliphatic carbocycles. The highest BCUT2D eigenvalue weighted by atomic mass is 16.5. The van der Waals surface area contributed by atoms with E-state index < -0.39 is 0 Å². The minimum Gasteiger partial charge on any atom is -0.495 e. The quantitative estimate of drug-likeness (QED) is 0.703. The smallest absolute Gasteiger partial charge is 0.322 e. The Hall–Kier alpha value is -3.13. The third kappa shape index (κ3) is 4.23. The van der Waals surface area contributed by atoms with E-state index in [9.17, 15) is 4.79 Å². The number of rotatable bonds is 5. The molecule has 1 aromatic carbocycles. The zero-order valence-corrected chi connectivity index (χ0v) is 17.8. The van der Waals surface area contributed by atoms with Crippen molar-refractivity contribution in [3.63, 3.8) is 0 Å². The van der Waals surface area contributed by atoms with Gasteiger partial charge in [-0.05, 0) is 43.7 Å². The highest BCUT2D eigenvalue weighted by molar-refractivity contribution is 5.91. The topological polar surface area (TPSA) is 75.5 Å². The maximum Gasteiger partial charge on any atom is 0.322 e. The van der Waals surface area contributed by atoms with Crippen molar-refractivity contribution in [1.29, 1.82) is 0 Å². The van der Waals surface area contributed by atoms with Gasteiger partial charge in [-0.3, -0.25) is 4.90 Å². The van der Waals surface area contributed by atoms with E-state index in [0.717, 1.165) is 48.7 Å². The summed E-state index contributed by atoms with van der Waals surface area (Å²) in [5.41, 5.74) is 3.65. The van der Waals surface area contributed by atoms with E-state index in [1.54, 1.807) is 13.3 Å². The Labute approximate surface area is 176 Å². The van der Waals surface area contributed by atoms with Crippen LogP contribution in [0.15, 0.2) is 36.5 Å². The number of aryl methyl sites for hydroxylation is 2. The van der Waals surface area contributed by atoms with Crippen LogP contribution in [0.1, 0.15) is 11.4 Å². The number of benzene rings is 1. The van der Waals surface area contributed by atoms with Gasteiger partial charge in [-0.25, -0.2) is 14.8 Å². The highest BCUT2D eigenvalue weighted by Gasteiger charge is 2.22. The summed E-state index contributed by atoms with van der Waals surface area (Å²) < 4.78 is 7.52. The largest absolute Gasteiger partial charge is 0.495 e. The maximum atomic E-state index is 12.7. The second kappa shape index (κ2) is 8.71. The zero-order valence-electron chi connectivity index (χ0n) is 17.8. The predicted molar refractivity (Wildman–Crippen MR) is 117 cm³/mol. The number of fused-ring (bicyclic) bond motifs is 1. The molecule has 3 heterocycles. The van der Waals surface area contributed by atoms with Crippen LogP contribution in [0.4, 0.5) is 10.5 Å². The number of anilines is 1. The molecule has 0 radical (unpaired) electrons. The molecule has 8 heteroatoms. The second-order valence-corrected chi connectivity index (χ2v) is 7.62. The number of amides is 2. The van der Waals surface area contributed by atoms with Gasteiger partial charge in [0.25, 0.3) is 0 Å². The number of nitrogens with zero attached hydrogens (tertiary/aromatic N) is 5. The average Bonchev–Trinajstić information content (AvgIpc) is 3.07. The van der Waals surface area contributed by atoms with Crippen LogP contribution < -0.4 is 10.1 Å². The summed E-state index contributed by atoms with van der Waals surface area (Å²) in [4.78, 5) is 26.0. The Balaban J connectivity index is 1.31. The van der Waals surface area contributed by atoms with Crippen LogP contribution in [0.5, 0.6) is 5.75 Å². The van der Waals surface area contributed by atoms with Gasteiger partial charge in [0.05, 0.1) is 12.8 Å². The fourth-order valence-electron chi connectivity index (χ4n) is 3.87. The van der Waals surface area contributed by atoms with Crippen LogP contribution in [0.3, 0.4) is 0 Å². The molecule has 2 amide bonds.